The van der Waals surface area contributed by atoms with E-state index in [-0.39, 0.29) is 38.6 Å². The first-order valence-corrected chi connectivity index (χ1v) is 3.42. The summed E-state index contributed by atoms with van der Waals surface area (Å²) >= 11 is 16.9. The molecule has 0 aliphatic rings. The van der Waals surface area contributed by atoms with E-state index in [2.05, 4.69) is 0 Å². The number of anilines is 1. The molecule has 0 bridgehead atoms. The molecule has 0 fully saturated rings. The lowest BCUT2D eigenvalue weighted by molar-refractivity contribution is 1.68. The molecule has 2 N–H and O–H groups in total. The molecule has 0 aliphatic carbocycles. The van der Waals surface area contributed by atoms with Crippen molar-refractivity contribution in [1.29, 1.82) is 0 Å². The fourth-order valence-electron chi connectivity index (χ4n) is 0.424. The number of halogens is 3. The van der Waals surface area contributed by atoms with Gasteiger partial charge in [0.05, 0.1) is 23.5 Å². The van der Waals surface area contributed by atoms with E-state index < -0.39 is 0 Å². The van der Waals surface area contributed by atoms with Crippen molar-refractivity contribution in [2.24, 2.45) is 0 Å². The van der Waals surface area contributed by atoms with Crippen molar-refractivity contribution in [3.63, 3.8) is 0 Å². The molecular weight excluding hydrogens is 192 g/mol. The SMILES string of the molecule is [2H]c1c(Cl)c(Cl)c([2H])c(N([2H])[2H])c1Cl. The third-order valence-electron chi connectivity index (χ3n) is 0.848. The molecule has 54 valence electrons. The Morgan fingerprint density at radius 3 is 2.40 bits per heavy atom. The maximum atomic E-state index is 7.44. The second-order valence-electron chi connectivity index (χ2n) is 1.54. The average Bonchev–Trinajstić information content (AvgIpc) is 2.11. The van der Waals surface area contributed by atoms with Crippen LogP contribution in [0.1, 0.15) is 2.74 Å². The van der Waals surface area contributed by atoms with Gasteiger partial charge in [0.25, 0.3) is 0 Å². The first-order chi connectivity index (χ1) is 6.37. The summed E-state index contributed by atoms with van der Waals surface area (Å²) in [5.74, 6) is 0. The molecular formula is C6H4Cl3N. The van der Waals surface area contributed by atoms with Gasteiger partial charge in [0.2, 0.25) is 0 Å². The van der Waals surface area contributed by atoms with E-state index in [1.165, 1.54) is 0 Å². The monoisotopic (exact) mass is 199 g/mol. The van der Waals surface area contributed by atoms with Crippen LogP contribution >= 0.6 is 34.8 Å². The van der Waals surface area contributed by atoms with E-state index in [4.69, 9.17) is 40.4 Å². The largest absolute Gasteiger partial charge is 0.397 e. The van der Waals surface area contributed by atoms with Gasteiger partial charge < -0.3 is 5.72 Å². The van der Waals surface area contributed by atoms with Crippen molar-refractivity contribution in [3.8, 4) is 0 Å². The molecule has 0 aromatic heterocycles. The third kappa shape index (κ3) is 1.48. The van der Waals surface area contributed by atoms with Gasteiger partial charge in [-0.1, -0.05) is 34.8 Å². The first kappa shape index (κ1) is 4.05. The number of rotatable bonds is 1. The normalized spacial score (nSPS) is 15.1. The highest BCUT2D eigenvalue weighted by Crippen LogP contribution is 2.29. The van der Waals surface area contributed by atoms with Crippen LogP contribution in [0.5, 0.6) is 0 Å². The predicted molar refractivity (Wildman–Crippen MR) is 45.9 cm³/mol. The first-order valence-electron chi connectivity index (χ1n) is 4.18. The summed E-state index contributed by atoms with van der Waals surface area (Å²) in [5, 5.41) is -0.553. The Hall–Kier alpha value is -0.110. The Morgan fingerprint density at radius 2 is 1.80 bits per heavy atom. The van der Waals surface area contributed by atoms with Crippen LogP contribution in [0.15, 0.2) is 12.1 Å². The number of hydrogen-bond donors (Lipinski definition) is 1. The summed E-state index contributed by atoms with van der Waals surface area (Å²) in [6.45, 7) is 0. The van der Waals surface area contributed by atoms with Crippen LogP contribution in [0.3, 0.4) is 0 Å². The molecule has 0 amide bonds. The lowest BCUT2D eigenvalue weighted by Crippen LogP contribution is -1.85. The van der Waals surface area contributed by atoms with E-state index in [9.17, 15) is 0 Å². The Balaban J connectivity index is 3.60. The van der Waals surface area contributed by atoms with Crippen molar-refractivity contribution in [2.75, 3.05) is 5.72 Å². The highest BCUT2D eigenvalue weighted by molar-refractivity contribution is 6.43. The van der Waals surface area contributed by atoms with Gasteiger partial charge in [-0.25, -0.2) is 0 Å². The maximum Gasteiger partial charge on any atom is 0.156 e. The summed E-state index contributed by atoms with van der Waals surface area (Å²) in [5.41, 5.74) is -0.128. The van der Waals surface area contributed by atoms with Crippen molar-refractivity contribution in [2.45, 2.75) is 0 Å². The molecule has 0 radical (unpaired) electrons. The molecule has 0 heterocycles. The van der Waals surface area contributed by atoms with E-state index >= 15 is 0 Å². The van der Waals surface area contributed by atoms with E-state index in [1.54, 1.807) is 0 Å². The number of hydrogen-bond acceptors (Lipinski definition) is 1. The highest BCUT2D eigenvalue weighted by atomic mass is 35.5. The molecule has 10 heavy (non-hydrogen) atoms. The van der Waals surface area contributed by atoms with Crippen LogP contribution in [-0.4, -0.2) is 0 Å². The Morgan fingerprint density at radius 1 is 1.20 bits per heavy atom. The molecule has 4 heteroatoms. The minimum absolute atomic E-state index is 0.130. The molecule has 0 aliphatic heterocycles. The standard InChI is InChI=1S/C6H4Cl3N/c7-3-1-5(9)6(10)2-4(3)8/h1-2H,10H2/i1D,2D/hD2. The van der Waals surface area contributed by atoms with Gasteiger partial charge in [0.15, 0.2) is 2.82 Å². The van der Waals surface area contributed by atoms with Gasteiger partial charge in [-0.2, -0.15) is 0 Å². The Labute approximate surface area is 79.4 Å². The second kappa shape index (κ2) is 2.87. The van der Waals surface area contributed by atoms with Gasteiger partial charge in [0, 0.05) is 0 Å². The summed E-state index contributed by atoms with van der Waals surface area (Å²) in [4.78, 5) is 0. The molecule has 0 atom stereocenters. The summed E-state index contributed by atoms with van der Waals surface area (Å²) in [7, 11) is 0. The molecule has 0 spiro atoms. The van der Waals surface area contributed by atoms with Gasteiger partial charge in [-0.3, -0.25) is 0 Å². The smallest absolute Gasteiger partial charge is 0.156 e. The molecule has 1 nitrogen and oxygen atoms in total. The second-order valence-corrected chi connectivity index (χ2v) is 2.67. The maximum absolute atomic E-state index is 7.44. The zero-order valence-electron chi connectivity index (χ0n) is 8.58. The molecule has 0 saturated carbocycles. The van der Waals surface area contributed by atoms with Crippen molar-refractivity contribution < 1.29 is 5.57 Å². The quantitative estimate of drug-likeness (QED) is 0.547. The predicted octanol–water partition coefficient (Wildman–Crippen LogP) is 3.23. The molecule has 1 rings (SSSR count). The van der Waals surface area contributed by atoms with Gasteiger partial charge in [-0.15, -0.1) is 0 Å². The van der Waals surface area contributed by atoms with Crippen molar-refractivity contribution in [3.05, 3.63) is 27.2 Å². The summed E-state index contributed by atoms with van der Waals surface area (Å²) in [6, 6.07) is -0.614. The Bertz CT molecular complexity index is 353. The van der Waals surface area contributed by atoms with Crippen molar-refractivity contribution in [1.82, 2.24) is 0 Å². The average molecular weight is 200 g/mol. The van der Waals surface area contributed by atoms with Crippen LogP contribution in [0.4, 0.5) is 5.69 Å². The Kier molecular flexibility index (Phi) is 1.16. The third-order valence-corrected chi connectivity index (χ3v) is 1.79. The van der Waals surface area contributed by atoms with Crippen LogP contribution in [0, 0.1) is 0 Å². The zero-order valence-corrected chi connectivity index (χ0v) is 6.85. The molecule has 0 unspecified atom stereocenters. The summed E-state index contributed by atoms with van der Waals surface area (Å²) in [6.07, 6.45) is 0. The topological polar surface area (TPSA) is 26.0 Å². The fraction of sp³-hybridized carbons (Fsp3) is 0. The van der Waals surface area contributed by atoms with Crippen LogP contribution in [0.25, 0.3) is 0 Å². The van der Waals surface area contributed by atoms with Crippen LogP contribution < -0.4 is 5.72 Å². The number of nitrogens with two attached hydrogens (primary N) is 1. The minimum Gasteiger partial charge on any atom is -0.397 e. The zero-order chi connectivity index (χ0) is 11.0. The fourth-order valence-corrected chi connectivity index (χ4v) is 0.893. The highest BCUT2D eigenvalue weighted by Gasteiger charge is 2.01. The van der Waals surface area contributed by atoms with E-state index in [0.29, 0.717) is 0 Å². The van der Waals surface area contributed by atoms with Crippen LogP contribution in [0.2, 0.25) is 17.9 Å². The summed E-state index contributed by atoms with van der Waals surface area (Å²) < 4.78 is 28.8. The lowest BCUT2D eigenvalue weighted by Gasteiger charge is -1.99. The molecule has 1 aromatic carbocycles. The number of benzene rings is 1. The number of nitrogen functional groups attached to an aromatic ring is 1. The molecule has 1 aromatic rings. The van der Waals surface area contributed by atoms with E-state index in [0.717, 1.165) is 0 Å². The van der Waals surface area contributed by atoms with Crippen LogP contribution in [-0.2, 0) is 0 Å². The van der Waals surface area contributed by atoms with E-state index in [1.807, 2.05) is 0 Å². The molecule has 0 saturated heterocycles. The van der Waals surface area contributed by atoms with Gasteiger partial charge in [0.1, 0.15) is 0 Å². The van der Waals surface area contributed by atoms with Gasteiger partial charge >= 0.3 is 0 Å². The van der Waals surface area contributed by atoms with Gasteiger partial charge in [-0.05, 0) is 12.1 Å². The lowest BCUT2D eigenvalue weighted by atomic mass is 10.3. The minimum atomic E-state index is -0.331. The van der Waals surface area contributed by atoms with Crippen molar-refractivity contribution >= 4 is 40.5 Å².